The fraction of sp³-hybridized carbons (Fsp3) is 0.600. The summed E-state index contributed by atoms with van der Waals surface area (Å²) in [5.74, 6) is -0.117. The normalized spacial score (nSPS) is 9.07. The van der Waals surface area contributed by atoms with Crippen molar-refractivity contribution in [2.75, 3.05) is 13.1 Å². The highest BCUT2D eigenvalue weighted by Gasteiger charge is 1.95. The lowest BCUT2D eigenvalue weighted by molar-refractivity contribution is -0.119. The van der Waals surface area contributed by atoms with Crippen molar-refractivity contribution < 1.29 is 9.59 Å². The first-order valence-corrected chi connectivity index (χ1v) is 4.69. The summed E-state index contributed by atoms with van der Waals surface area (Å²) < 4.78 is 0. The summed E-state index contributed by atoms with van der Waals surface area (Å²) in [6, 6.07) is 0. The molecule has 0 radical (unpaired) electrons. The fourth-order valence-corrected chi connectivity index (χ4v) is 0.878. The predicted molar refractivity (Wildman–Crippen MR) is 55.7 cm³/mol. The number of carbonyl (C=O) groups excluding carboxylic acids is 2. The molecule has 0 rings (SSSR count). The number of nitrogens with one attached hydrogen (secondary N) is 2. The van der Waals surface area contributed by atoms with E-state index in [2.05, 4.69) is 10.6 Å². The van der Waals surface area contributed by atoms with Crippen LogP contribution in [0.3, 0.4) is 0 Å². The lowest BCUT2D eigenvalue weighted by Crippen LogP contribution is -2.27. The highest BCUT2D eigenvalue weighted by atomic mass is 16.2. The van der Waals surface area contributed by atoms with Gasteiger partial charge in [-0.2, -0.15) is 0 Å². The van der Waals surface area contributed by atoms with Gasteiger partial charge in [-0.3, -0.25) is 9.59 Å². The SMILES string of the molecule is CC(=O)NCCCNC(=O)C=C(C)C. The summed E-state index contributed by atoms with van der Waals surface area (Å²) >= 11 is 0. The molecule has 0 aromatic rings. The van der Waals surface area contributed by atoms with Crippen LogP contribution in [0.4, 0.5) is 0 Å². The Kier molecular flexibility index (Phi) is 6.45. The molecule has 4 nitrogen and oxygen atoms in total. The highest BCUT2D eigenvalue weighted by molar-refractivity contribution is 5.87. The molecule has 0 aromatic heterocycles. The lowest BCUT2D eigenvalue weighted by Gasteiger charge is -2.03. The van der Waals surface area contributed by atoms with Gasteiger partial charge in [-0.25, -0.2) is 0 Å². The molecule has 2 N–H and O–H groups in total. The maximum atomic E-state index is 11.1. The zero-order valence-electron chi connectivity index (χ0n) is 9.02. The number of allylic oxidation sites excluding steroid dienone is 1. The van der Waals surface area contributed by atoms with Gasteiger partial charge in [-0.1, -0.05) is 5.57 Å². The van der Waals surface area contributed by atoms with Crippen LogP contribution in [0.5, 0.6) is 0 Å². The maximum absolute atomic E-state index is 11.1. The molecule has 0 aliphatic carbocycles. The zero-order chi connectivity index (χ0) is 11.0. The minimum absolute atomic E-state index is 0.0411. The minimum Gasteiger partial charge on any atom is -0.356 e. The Labute approximate surface area is 84.8 Å². The van der Waals surface area contributed by atoms with Gasteiger partial charge in [0.15, 0.2) is 0 Å². The van der Waals surface area contributed by atoms with Crippen LogP contribution in [0.2, 0.25) is 0 Å². The number of carbonyl (C=O) groups is 2. The fourth-order valence-electron chi connectivity index (χ4n) is 0.878. The molecule has 0 saturated carbocycles. The molecule has 2 amide bonds. The number of hydrogen-bond donors (Lipinski definition) is 2. The molecule has 14 heavy (non-hydrogen) atoms. The van der Waals surface area contributed by atoms with Crippen molar-refractivity contribution in [2.45, 2.75) is 27.2 Å². The molecule has 0 unspecified atom stereocenters. The van der Waals surface area contributed by atoms with E-state index in [9.17, 15) is 9.59 Å². The Bertz CT molecular complexity index is 230. The van der Waals surface area contributed by atoms with E-state index >= 15 is 0 Å². The summed E-state index contributed by atoms with van der Waals surface area (Å²) in [5.41, 5.74) is 0.976. The molecular weight excluding hydrogens is 180 g/mol. The molecule has 0 aromatic carbocycles. The van der Waals surface area contributed by atoms with Crippen molar-refractivity contribution in [1.82, 2.24) is 10.6 Å². The zero-order valence-corrected chi connectivity index (χ0v) is 9.02. The van der Waals surface area contributed by atoms with E-state index in [4.69, 9.17) is 0 Å². The van der Waals surface area contributed by atoms with Gasteiger partial charge in [0.25, 0.3) is 0 Å². The summed E-state index contributed by atoms with van der Waals surface area (Å²) in [5, 5.41) is 5.38. The molecular formula is C10H18N2O2. The van der Waals surface area contributed by atoms with Crippen molar-refractivity contribution in [3.63, 3.8) is 0 Å². The van der Waals surface area contributed by atoms with E-state index in [0.29, 0.717) is 13.1 Å². The van der Waals surface area contributed by atoms with Crippen LogP contribution in [-0.4, -0.2) is 24.9 Å². The molecule has 0 aliphatic rings. The third-order valence-electron chi connectivity index (χ3n) is 1.45. The van der Waals surface area contributed by atoms with Crippen LogP contribution in [0.1, 0.15) is 27.2 Å². The van der Waals surface area contributed by atoms with Gasteiger partial charge in [0, 0.05) is 26.1 Å². The van der Waals surface area contributed by atoms with E-state index in [-0.39, 0.29) is 11.8 Å². The number of amides is 2. The smallest absolute Gasteiger partial charge is 0.243 e. The second-order valence-electron chi connectivity index (χ2n) is 3.35. The average Bonchev–Trinajstić information content (AvgIpc) is 2.01. The topological polar surface area (TPSA) is 58.2 Å². The van der Waals surface area contributed by atoms with Crippen molar-refractivity contribution >= 4 is 11.8 Å². The summed E-state index contributed by atoms with van der Waals surface area (Å²) in [6.07, 6.45) is 2.31. The molecule has 0 bridgehead atoms. The molecule has 4 heteroatoms. The Morgan fingerprint density at radius 2 is 1.64 bits per heavy atom. The standard InChI is InChI=1S/C10H18N2O2/c1-8(2)7-10(14)12-6-4-5-11-9(3)13/h7H,4-6H2,1-3H3,(H,11,13)(H,12,14). The molecule has 0 spiro atoms. The summed E-state index contributed by atoms with van der Waals surface area (Å²) in [7, 11) is 0. The summed E-state index contributed by atoms with van der Waals surface area (Å²) in [4.78, 5) is 21.6. The molecule has 0 aliphatic heterocycles. The van der Waals surface area contributed by atoms with E-state index in [1.165, 1.54) is 6.92 Å². The maximum Gasteiger partial charge on any atom is 0.243 e. The molecule has 80 valence electrons. The van der Waals surface area contributed by atoms with Crippen molar-refractivity contribution in [3.05, 3.63) is 11.6 Å². The van der Waals surface area contributed by atoms with Gasteiger partial charge in [-0.15, -0.1) is 0 Å². The van der Waals surface area contributed by atoms with E-state index < -0.39 is 0 Å². The van der Waals surface area contributed by atoms with Gasteiger partial charge in [0.2, 0.25) is 11.8 Å². The quantitative estimate of drug-likeness (QED) is 0.502. The van der Waals surface area contributed by atoms with Crippen molar-refractivity contribution in [1.29, 1.82) is 0 Å². The number of rotatable bonds is 5. The van der Waals surface area contributed by atoms with Gasteiger partial charge < -0.3 is 10.6 Å². The van der Waals surface area contributed by atoms with Crippen molar-refractivity contribution in [3.8, 4) is 0 Å². The van der Waals surface area contributed by atoms with Gasteiger partial charge in [-0.05, 0) is 20.3 Å². The predicted octanol–water partition coefficient (Wildman–Crippen LogP) is 0.595. The molecule has 0 fully saturated rings. The monoisotopic (exact) mass is 198 g/mol. The van der Waals surface area contributed by atoms with Gasteiger partial charge >= 0.3 is 0 Å². The Balaban J connectivity index is 3.41. The van der Waals surface area contributed by atoms with Crippen LogP contribution in [0.25, 0.3) is 0 Å². The lowest BCUT2D eigenvalue weighted by atomic mass is 10.3. The Hall–Kier alpha value is -1.32. The molecule has 0 saturated heterocycles. The summed E-state index contributed by atoms with van der Waals surface area (Å²) in [6.45, 7) is 6.41. The third-order valence-corrected chi connectivity index (χ3v) is 1.45. The highest BCUT2D eigenvalue weighted by Crippen LogP contribution is 1.87. The van der Waals surface area contributed by atoms with Gasteiger partial charge in [0.05, 0.1) is 0 Å². The number of hydrogen-bond acceptors (Lipinski definition) is 2. The van der Waals surface area contributed by atoms with Crippen LogP contribution in [0, 0.1) is 0 Å². The first-order valence-electron chi connectivity index (χ1n) is 4.69. The van der Waals surface area contributed by atoms with Crippen LogP contribution in [-0.2, 0) is 9.59 Å². The molecule has 0 heterocycles. The average molecular weight is 198 g/mol. The second-order valence-corrected chi connectivity index (χ2v) is 3.35. The van der Waals surface area contributed by atoms with Crippen LogP contribution >= 0.6 is 0 Å². The Morgan fingerprint density at radius 1 is 1.07 bits per heavy atom. The van der Waals surface area contributed by atoms with E-state index in [1.807, 2.05) is 13.8 Å². The van der Waals surface area contributed by atoms with Crippen LogP contribution < -0.4 is 10.6 Å². The van der Waals surface area contributed by atoms with Crippen LogP contribution in [0.15, 0.2) is 11.6 Å². The third kappa shape index (κ3) is 8.77. The Morgan fingerprint density at radius 3 is 2.14 bits per heavy atom. The first kappa shape index (κ1) is 12.7. The van der Waals surface area contributed by atoms with E-state index in [0.717, 1.165) is 12.0 Å². The second kappa shape index (κ2) is 7.12. The van der Waals surface area contributed by atoms with Gasteiger partial charge in [0.1, 0.15) is 0 Å². The van der Waals surface area contributed by atoms with Crippen molar-refractivity contribution in [2.24, 2.45) is 0 Å². The first-order chi connectivity index (χ1) is 6.52. The largest absolute Gasteiger partial charge is 0.356 e. The van der Waals surface area contributed by atoms with E-state index in [1.54, 1.807) is 6.08 Å². The molecule has 0 atom stereocenters. The minimum atomic E-state index is -0.0761.